The van der Waals surface area contributed by atoms with Crippen molar-refractivity contribution in [3.63, 3.8) is 0 Å². The summed E-state index contributed by atoms with van der Waals surface area (Å²) in [5.74, 6) is 0.865. The fourth-order valence-corrected chi connectivity index (χ4v) is 1.60. The molecule has 0 aliphatic heterocycles. The summed E-state index contributed by atoms with van der Waals surface area (Å²) in [5, 5.41) is 8.41. The van der Waals surface area contributed by atoms with E-state index in [-0.39, 0.29) is 0 Å². The molecule has 0 aromatic heterocycles. The normalized spacial score (nSPS) is 11.6. The minimum absolute atomic E-state index is 0.865. The Morgan fingerprint density at radius 2 is 1.50 bits per heavy atom. The molecule has 0 heterocycles. The zero-order valence-corrected chi connectivity index (χ0v) is 9.84. The van der Waals surface area contributed by atoms with E-state index in [0.29, 0.717) is 0 Å². The van der Waals surface area contributed by atoms with Gasteiger partial charge in [-0.25, -0.2) is 0 Å². The number of allylic oxidation sites excluding steroid dienone is 1. The molecule has 0 aliphatic rings. The van der Waals surface area contributed by atoms with Gasteiger partial charge in [-0.1, -0.05) is 58.4 Å². The highest BCUT2D eigenvalue weighted by Gasteiger charge is 1.94. The van der Waals surface area contributed by atoms with E-state index in [1.165, 1.54) is 44.9 Å². The molecule has 84 valence electrons. The zero-order valence-electron chi connectivity index (χ0n) is 9.84. The Labute approximate surface area is 89.2 Å². The lowest BCUT2D eigenvalue weighted by Crippen LogP contribution is -1.87. The van der Waals surface area contributed by atoms with Crippen molar-refractivity contribution in [2.24, 2.45) is 5.92 Å². The number of rotatable bonds is 9. The number of hydrogen-bond donors (Lipinski definition) is 1. The van der Waals surface area contributed by atoms with Crippen molar-refractivity contribution in [2.75, 3.05) is 0 Å². The largest absolute Gasteiger partial charge is 0.516 e. The second-order valence-corrected chi connectivity index (χ2v) is 4.48. The molecule has 0 bridgehead atoms. The van der Waals surface area contributed by atoms with Crippen LogP contribution in [0.2, 0.25) is 0 Å². The standard InChI is InChI=1S/C13H26O/c1-13(2)11-9-7-5-3-4-6-8-10-12-14/h10,12-14H,3-9,11H2,1-2H3/b12-10+. The van der Waals surface area contributed by atoms with E-state index in [9.17, 15) is 0 Å². The second-order valence-electron chi connectivity index (χ2n) is 4.48. The maximum Gasteiger partial charge on any atom is 0.0751 e. The maximum absolute atomic E-state index is 8.41. The van der Waals surface area contributed by atoms with Gasteiger partial charge < -0.3 is 5.11 Å². The molecule has 0 saturated heterocycles. The predicted octanol–water partition coefficient (Wildman–Crippen LogP) is 4.83. The first-order chi connectivity index (χ1) is 6.77. The Morgan fingerprint density at radius 3 is 2.07 bits per heavy atom. The summed E-state index contributed by atoms with van der Waals surface area (Å²) in [4.78, 5) is 0. The molecule has 0 radical (unpaired) electrons. The van der Waals surface area contributed by atoms with E-state index in [0.717, 1.165) is 18.6 Å². The Morgan fingerprint density at radius 1 is 0.929 bits per heavy atom. The number of unbranched alkanes of at least 4 members (excludes halogenated alkanes) is 6. The van der Waals surface area contributed by atoms with Crippen LogP contribution in [-0.2, 0) is 0 Å². The van der Waals surface area contributed by atoms with Crippen molar-refractivity contribution in [3.05, 3.63) is 12.3 Å². The molecule has 0 fully saturated rings. The summed E-state index contributed by atoms with van der Waals surface area (Å²) in [6.45, 7) is 4.59. The minimum atomic E-state index is 0.865. The average molecular weight is 198 g/mol. The second kappa shape index (κ2) is 10.6. The van der Waals surface area contributed by atoms with Crippen LogP contribution in [0.5, 0.6) is 0 Å². The molecule has 0 aromatic carbocycles. The van der Waals surface area contributed by atoms with Crippen molar-refractivity contribution in [3.8, 4) is 0 Å². The molecule has 0 aliphatic carbocycles. The van der Waals surface area contributed by atoms with Gasteiger partial charge in [0.1, 0.15) is 0 Å². The summed E-state index contributed by atoms with van der Waals surface area (Å²) in [5.41, 5.74) is 0. The van der Waals surface area contributed by atoms with Crippen molar-refractivity contribution in [2.45, 2.75) is 65.2 Å². The Hall–Kier alpha value is -0.460. The molecule has 0 spiro atoms. The third-order valence-corrected chi connectivity index (χ3v) is 2.51. The first-order valence-electron chi connectivity index (χ1n) is 6.06. The van der Waals surface area contributed by atoms with Gasteiger partial charge in [0.15, 0.2) is 0 Å². The SMILES string of the molecule is CC(C)CCCCCCCC/C=C/O. The maximum atomic E-state index is 8.41. The lowest BCUT2D eigenvalue weighted by atomic mass is 10.0. The van der Waals surface area contributed by atoms with Gasteiger partial charge in [-0.15, -0.1) is 0 Å². The number of aliphatic hydroxyl groups is 1. The molecular weight excluding hydrogens is 172 g/mol. The third-order valence-electron chi connectivity index (χ3n) is 2.51. The predicted molar refractivity (Wildman–Crippen MR) is 63.5 cm³/mol. The van der Waals surface area contributed by atoms with Gasteiger partial charge in [0.05, 0.1) is 6.26 Å². The van der Waals surface area contributed by atoms with Crippen LogP contribution in [0.15, 0.2) is 12.3 Å². The summed E-state index contributed by atoms with van der Waals surface area (Å²) >= 11 is 0. The lowest BCUT2D eigenvalue weighted by molar-refractivity contribution is 0.469. The van der Waals surface area contributed by atoms with E-state index >= 15 is 0 Å². The lowest BCUT2D eigenvalue weighted by Gasteiger charge is -2.03. The molecule has 0 rings (SSSR count). The topological polar surface area (TPSA) is 20.2 Å². The fraction of sp³-hybridized carbons (Fsp3) is 0.846. The van der Waals surface area contributed by atoms with Gasteiger partial charge in [0, 0.05) is 0 Å². The van der Waals surface area contributed by atoms with Crippen LogP contribution in [0.25, 0.3) is 0 Å². The van der Waals surface area contributed by atoms with Gasteiger partial charge in [-0.2, -0.15) is 0 Å². The molecule has 1 nitrogen and oxygen atoms in total. The van der Waals surface area contributed by atoms with Gasteiger partial charge in [0.25, 0.3) is 0 Å². The minimum Gasteiger partial charge on any atom is -0.516 e. The van der Waals surface area contributed by atoms with Gasteiger partial charge in [-0.05, 0) is 18.8 Å². The highest BCUT2D eigenvalue weighted by Crippen LogP contribution is 2.11. The molecular formula is C13H26O. The first-order valence-corrected chi connectivity index (χ1v) is 6.06. The van der Waals surface area contributed by atoms with Crippen LogP contribution in [0, 0.1) is 5.92 Å². The van der Waals surface area contributed by atoms with Crippen molar-refractivity contribution in [1.29, 1.82) is 0 Å². The van der Waals surface area contributed by atoms with Gasteiger partial charge in [0.2, 0.25) is 0 Å². The van der Waals surface area contributed by atoms with Crippen molar-refractivity contribution < 1.29 is 5.11 Å². The first kappa shape index (κ1) is 13.5. The van der Waals surface area contributed by atoms with Crippen LogP contribution in [0.4, 0.5) is 0 Å². The van der Waals surface area contributed by atoms with E-state index in [2.05, 4.69) is 13.8 Å². The Kier molecular flexibility index (Phi) is 10.3. The van der Waals surface area contributed by atoms with E-state index < -0.39 is 0 Å². The monoisotopic (exact) mass is 198 g/mol. The molecule has 1 N–H and O–H groups in total. The van der Waals surface area contributed by atoms with Crippen LogP contribution >= 0.6 is 0 Å². The molecule has 0 saturated carbocycles. The van der Waals surface area contributed by atoms with Crippen LogP contribution in [0.1, 0.15) is 65.2 Å². The van der Waals surface area contributed by atoms with E-state index in [1.807, 2.05) is 6.08 Å². The van der Waals surface area contributed by atoms with Gasteiger partial charge in [-0.3, -0.25) is 0 Å². The van der Waals surface area contributed by atoms with Crippen LogP contribution < -0.4 is 0 Å². The summed E-state index contributed by atoms with van der Waals surface area (Å²) in [7, 11) is 0. The molecule has 0 amide bonds. The Bertz CT molecular complexity index is 127. The number of aliphatic hydroxyl groups excluding tert-OH is 1. The van der Waals surface area contributed by atoms with Crippen LogP contribution in [-0.4, -0.2) is 5.11 Å². The average Bonchev–Trinajstić information content (AvgIpc) is 2.15. The highest BCUT2D eigenvalue weighted by atomic mass is 16.2. The Balaban J connectivity index is 2.92. The molecule has 0 unspecified atom stereocenters. The highest BCUT2D eigenvalue weighted by molar-refractivity contribution is 4.70. The van der Waals surface area contributed by atoms with Crippen LogP contribution in [0.3, 0.4) is 0 Å². The number of hydrogen-bond acceptors (Lipinski definition) is 1. The summed E-state index contributed by atoms with van der Waals surface area (Å²) < 4.78 is 0. The smallest absolute Gasteiger partial charge is 0.0751 e. The quantitative estimate of drug-likeness (QED) is 0.415. The van der Waals surface area contributed by atoms with Gasteiger partial charge >= 0.3 is 0 Å². The molecule has 0 aromatic rings. The zero-order chi connectivity index (χ0) is 10.6. The molecule has 14 heavy (non-hydrogen) atoms. The third kappa shape index (κ3) is 11.5. The molecule has 0 atom stereocenters. The molecule has 1 heteroatoms. The summed E-state index contributed by atoms with van der Waals surface area (Å²) in [6, 6.07) is 0. The van der Waals surface area contributed by atoms with E-state index in [1.54, 1.807) is 0 Å². The van der Waals surface area contributed by atoms with E-state index in [4.69, 9.17) is 5.11 Å². The van der Waals surface area contributed by atoms with Crippen molar-refractivity contribution in [1.82, 2.24) is 0 Å². The fourth-order valence-electron chi connectivity index (χ4n) is 1.60. The van der Waals surface area contributed by atoms with Crippen molar-refractivity contribution >= 4 is 0 Å². The summed E-state index contributed by atoms with van der Waals surface area (Å²) in [6.07, 6.45) is 13.5.